The Morgan fingerprint density at radius 3 is 2.60 bits per heavy atom. The van der Waals surface area contributed by atoms with Crippen molar-refractivity contribution in [2.24, 2.45) is 11.8 Å². The van der Waals surface area contributed by atoms with E-state index in [1.54, 1.807) is 6.92 Å². The molecule has 4 atom stereocenters. The van der Waals surface area contributed by atoms with Gasteiger partial charge in [0.2, 0.25) is 0 Å². The molecular weight excluding hydrogens is 324 g/mol. The predicted octanol–water partition coefficient (Wildman–Crippen LogP) is 2.69. The molecule has 4 unspecified atom stereocenters. The Bertz CT molecular complexity index is 589. The van der Waals surface area contributed by atoms with Gasteiger partial charge in [0, 0.05) is 11.5 Å². The number of fused-ring (bicyclic) bond motifs is 2. The molecule has 0 amide bonds. The second kappa shape index (κ2) is 6.81. The zero-order chi connectivity index (χ0) is 18.2. The van der Waals surface area contributed by atoms with Gasteiger partial charge in [0.15, 0.2) is 6.10 Å². The zero-order valence-electron chi connectivity index (χ0n) is 14.9. The molecule has 0 aromatic carbocycles. The Labute approximate surface area is 147 Å². The quantitative estimate of drug-likeness (QED) is 0.431. The lowest BCUT2D eigenvalue weighted by Crippen LogP contribution is -2.44. The summed E-state index contributed by atoms with van der Waals surface area (Å²) in [6, 6.07) is 0. The van der Waals surface area contributed by atoms with Crippen LogP contribution in [-0.2, 0) is 28.6 Å². The average Bonchev–Trinajstić information content (AvgIpc) is 3.09. The predicted molar refractivity (Wildman–Crippen MR) is 88.4 cm³/mol. The lowest BCUT2D eigenvalue weighted by Gasteiger charge is -2.32. The number of esters is 3. The summed E-state index contributed by atoms with van der Waals surface area (Å²) in [4.78, 5) is 36.5. The first-order chi connectivity index (χ1) is 11.8. The van der Waals surface area contributed by atoms with Gasteiger partial charge < -0.3 is 14.2 Å². The maximum Gasteiger partial charge on any atom is 0.333 e. The SMILES string of the molecule is C=C(C)C(=O)OC1C2CC(=O)OC1C(C(=O)OC1(CC)CCCC1)C2. The van der Waals surface area contributed by atoms with E-state index in [0.29, 0.717) is 6.42 Å². The number of ether oxygens (including phenoxy) is 3. The van der Waals surface area contributed by atoms with E-state index < -0.39 is 24.1 Å². The lowest BCUT2D eigenvalue weighted by molar-refractivity contribution is -0.184. The fourth-order valence-electron chi connectivity index (χ4n) is 4.31. The first-order valence-corrected chi connectivity index (χ1v) is 9.14. The minimum atomic E-state index is -0.752. The standard InChI is InChI=1S/C19H26O6/c1-4-19(7-5-6-8-19)25-18(22)13-9-12-10-14(20)23-16(13)15(12)24-17(21)11(2)3/h12-13,15-16H,2,4-10H2,1,3H3. The van der Waals surface area contributed by atoms with Crippen molar-refractivity contribution in [3.63, 3.8) is 0 Å². The van der Waals surface area contributed by atoms with Crippen molar-refractivity contribution >= 4 is 17.9 Å². The Morgan fingerprint density at radius 2 is 2.00 bits per heavy atom. The largest absolute Gasteiger partial charge is 0.459 e. The first-order valence-electron chi connectivity index (χ1n) is 9.14. The van der Waals surface area contributed by atoms with E-state index >= 15 is 0 Å². The Balaban J connectivity index is 1.73. The van der Waals surface area contributed by atoms with Crippen LogP contribution in [0.1, 0.15) is 58.8 Å². The molecule has 0 radical (unpaired) electrons. The summed E-state index contributed by atoms with van der Waals surface area (Å²) in [5.41, 5.74) is -0.104. The van der Waals surface area contributed by atoms with E-state index in [4.69, 9.17) is 14.2 Å². The van der Waals surface area contributed by atoms with Gasteiger partial charge in [-0.1, -0.05) is 13.5 Å². The summed E-state index contributed by atoms with van der Waals surface area (Å²) in [5.74, 6) is -1.97. The average molecular weight is 350 g/mol. The minimum Gasteiger partial charge on any atom is -0.459 e. The zero-order valence-corrected chi connectivity index (χ0v) is 14.9. The van der Waals surface area contributed by atoms with Crippen LogP contribution in [0.3, 0.4) is 0 Å². The summed E-state index contributed by atoms with van der Waals surface area (Å²) in [6.07, 6.45) is 3.92. The van der Waals surface area contributed by atoms with Crippen LogP contribution in [-0.4, -0.2) is 35.7 Å². The van der Waals surface area contributed by atoms with Gasteiger partial charge in [-0.15, -0.1) is 0 Å². The molecule has 1 aliphatic heterocycles. The fraction of sp³-hybridized carbons (Fsp3) is 0.737. The summed E-state index contributed by atoms with van der Waals surface area (Å²) in [7, 11) is 0. The molecule has 1 saturated heterocycles. The highest BCUT2D eigenvalue weighted by Crippen LogP contribution is 2.44. The molecule has 3 aliphatic rings. The van der Waals surface area contributed by atoms with Crippen LogP contribution in [0.5, 0.6) is 0 Å². The molecule has 1 heterocycles. The maximum atomic E-state index is 12.8. The molecule has 2 bridgehead atoms. The third kappa shape index (κ3) is 3.44. The van der Waals surface area contributed by atoms with Gasteiger partial charge >= 0.3 is 17.9 Å². The smallest absolute Gasteiger partial charge is 0.333 e. The minimum absolute atomic E-state index is 0.160. The number of hydrogen-bond acceptors (Lipinski definition) is 6. The molecule has 3 rings (SSSR count). The van der Waals surface area contributed by atoms with Gasteiger partial charge in [-0.2, -0.15) is 0 Å². The van der Waals surface area contributed by atoms with Crippen molar-refractivity contribution in [1.82, 2.24) is 0 Å². The molecule has 2 aliphatic carbocycles. The van der Waals surface area contributed by atoms with Crippen LogP contribution in [0, 0.1) is 11.8 Å². The fourth-order valence-corrected chi connectivity index (χ4v) is 4.31. The number of carbonyl (C=O) groups is 3. The van der Waals surface area contributed by atoms with E-state index in [1.165, 1.54) is 0 Å². The molecule has 6 nitrogen and oxygen atoms in total. The van der Waals surface area contributed by atoms with Gasteiger partial charge in [0.05, 0.1) is 12.3 Å². The maximum absolute atomic E-state index is 12.8. The van der Waals surface area contributed by atoms with Crippen LogP contribution >= 0.6 is 0 Å². The molecule has 2 saturated carbocycles. The molecule has 25 heavy (non-hydrogen) atoms. The van der Waals surface area contributed by atoms with Gasteiger partial charge in [0.25, 0.3) is 0 Å². The second-order valence-corrected chi connectivity index (χ2v) is 7.58. The van der Waals surface area contributed by atoms with Crippen LogP contribution in [0.15, 0.2) is 12.2 Å². The Morgan fingerprint density at radius 1 is 1.32 bits per heavy atom. The van der Waals surface area contributed by atoms with Crippen molar-refractivity contribution < 1.29 is 28.6 Å². The highest BCUT2D eigenvalue weighted by Gasteiger charge is 2.56. The third-order valence-corrected chi connectivity index (χ3v) is 5.81. The topological polar surface area (TPSA) is 78.9 Å². The lowest BCUT2D eigenvalue weighted by atomic mass is 9.97. The normalized spacial score (nSPS) is 32.8. The molecule has 0 aromatic heterocycles. The van der Waals surface area contributed by atoms with Crippen molar-refractivity contribution in [3.05, 3.63) is 12.2 Å². The molecule has 0 spiro atoms. The third-order valence-electron chi connectivity index (χ3n) is 5.81. The highest BCUT2D eigenvalue weighted by molar-refractivity contribution is 5.87. The van der Waals surface area contributed by atoms with Crippen LogP contribution in [0.4, 0.5) is 0 Å². The Hall–Kier alpha value is -1.85. The molecule has 0 N–H and O–H groups in total. The number of rotatable bonds is 5. The van der Waals surface area contributed by atoms with Crippen molar-refractivity contribution in [3.8, 4) is 0 Å². The molecule has 3 fully saturated rings. The van der Waals surface area contributed by atoms with Gasteiger partial charge in [-0.05, 0) is 45.4 Å². The van der Waals surface area contributed by atoms with E-state index in [0.717, 1.165) is 32.1 Å². The number of hydrogen-bond donors (Lipinski definition) is 0. The van der Waals surface area contributed by atoms with E-state index in [1.807, 2.05) is 6.92 Å². The molecule has 6 heteroatoms. The molecule has 138 valence electrons. The highest BCUT2D eigenvalue weighted by atomic mass is 16.6. The number of carbonyl (C=O) groups excluding carboxylic acids is 3. The van der Waals surface area contributed by atoms with Crippen LogP contribution in [0.25, 0.3) is 0 Å². The van der Waals surface area contributed by atoms with E-state index in [9.17, 15) is 14.4 Å². The van der Waals surface area contributed by atoms with E-state index in [2.05, 4.69) is 6.58 Å². The summed E-state index contributed by atoms with van der Waals surface area (Å²) in [5, 5.41) is 0. The molecule has 0 aromatic rings. The molecular formula is C19H26O6. The Kier molecular flexibility index (Phi) is 4.89. The van der Waals surface area contributed by atoms with Crippen molar-refractivity contribution in [2.75, 3.05) is 0 Å². The summed E-state index contributed by atoms with van der Waals surface area (Å²) < 4.78 is 16.7. The second-order valence-electron chi connectivity index (χ2n) is 7.58. The van der Waals surface area contributed by atoms with Gasteiger partial charge in [-0.3, -0.25) is 9.59 Å². The van der Waals surface area contributed by atoms with Gasteiger partial charge in [-0.25, -0.2) is 4.79 Å². The van der Waals surface area contributed by atoms with Crippen molar-refractivity contribution in [1.29, 1.82) is 0 Å². The van der Waals surface area contributed by atoms with Crippen molar-refractivity contribution in [2.45, 2.75) is 76.6 Å². The first kappa shape index (κ1) is 18.0. The van der Waals surface area contributed by atoms with Crippen LogP contribution < -0.4 is 0 Å². The summed E-state index contributed by atoms with van der Waals surface area (Å²) in [6.45, 7) is 7.17. The van der Waals surface area contributed by atoms with Gasteiger partial charge in [0.1, 0.15) is 11.7 Å². The van der Waals surface area contributed by atoms with Crippen LogP contribution in [0.2, 0.25) is 0 Å². The van der Waals surface area contributed by atoms with E-state index in [-0.39, 0.29) is 35.5 Å². The summed E-state index contributed by atoms with van der Waals surface area (Å²) >= 11 is 0. The monoisotopic (exact) mass is 350 g/mol.